The molecule has 2 saturated carbocycles. The minimum atomic E-state index is -0.158. The van der Waals surface area contributed by atoms with Crippen molar-refractivity contribution in [3.05, 3.63) is 35.0 Å². The van der Waals surface area contributed by atoms with Gasteiger partial charge in [0.05, 0.1) is 34.4 Å². The van der Waals surface area contributed by atoms with E-state index in [0.717, 1.165) is 71.1 Å². The average molecular weight is 488 g/mol. The summed E-state index contributed by atoms with van der Waals surface area (Å²) in [5, 5.41) is 9.78. The highest BCUT2D eigenvalue weighted by Gasteiger charge is 2.38. The molecule has 0 spiro atoms. The molecule has 1 aromatic carbocycles. The third kappa shape index (κ3) is 4.44. The molecular weight excluding hydrogens is 454 g/mol. The van der Waals surface area contributed by atoms with E-state index in [1.807, 2.05) is 13.2 Å². The number of benzene rings is 1. The first kappa shape index (κ1) is 23.2. The summed E-state index contributed by atoms with van der Waals surface area (Å²) in [5.41, 5.74) is 3.13. The number of aliphatic hydroxyl groups is 1. The molecule has 2 N–H and O–H groups in total. The molecule has 2 fully saturated rings. The second-order valence-electron chi connectivity index (χ2n) is 9.29. The third-order valence-electron chi connectivity index (χ3n) is 7.22. The van der Waals surface area contributed by atoms with Gasteiger partial charge in [-0.2, -0.15) is 0 Å². The highest BCUT2D eigenvalue weighted by Crippen LogP contribution is 2.45. The van der Waals surface area contributed by atoms with Gasteiger partial charge in [-0.1, -0.05) is 24.2 Å². The Labute approximate surface area is 203 Å². The maximum Gasteiger partial charge on any atom is 0.194 e. The van der Waals surface area contributed by atoms with Gasteiger partial charge in [0.1, 0.15) is 11.4 Å². The number of rotatable bonds is 7. The SMILES string of the molecule is COc1ccc(-c2c(C)nc3sc(C4(OC)CCCC4)cn23)cc1SNC1CCC(O)CC1. The number of aliphatic hydroxyl groups excluding tert-OH is 1. The van der Waals surface area contributed by atoms with Crippen LogP contribution in [-0.4, -0.2) is 40.9 Å². The van der Waals surface area contributed by atoms with E-state index in [9.17, 15) is 5.11 Å². The first-order chi connectivity index (χ1) is 16.0. The van der Waals surface area contributed by atoms with E-state index < -0.39 is 0 Å². The van der Waals surface area contributed by atoms with Gasteiger partial charge in [0.15, 0.2) is 4.96 Å². The predicted molar refractivity (Wildman–Crippen MR) is 134 cm³/mol. The van der Waals surface area contributed by atoms with Crippen LogP contribution in [0.15, 0.2) is 29.3 Å². The fraction of sp³-hybridized carbons (Fsp3) is 0.560. The largest absolute Gasteiger partial charge is 0.496 e. The van der Waals surface area contributed by atoms with Gasteiger partial charge in [-0.15, -0.1) is 0 Å². The number of hydrogen-bond donors (Lipinski definition) is 2. The van der Waals surface area contributed by atoms with Gasteiger partial charge in [0.25, 0.3) is 0 Å². The number of thiazole rings is 1. The fourth-order valence-corrected chi connectivity index (χ4v) is 7.47. The molecule has 0 aliphatic heterocycles. The van der Waals surface area contributed by atoms with Crippen LogP contribution >= 0.6 is 23.3 Å². The van der Waals surface area contributed by atoms with Gasteiger partial charge in [-0.05, 0) is 75.6 Å². The van der Waals surface area contributed by atoms with Crippen molar-refractivity contribution in [1.29, 1.82) is 0 Å². The van der Waals surface area contributed by atoms with E-state index in [1.165, 1.54) is 17.7 Å². The lowest BCUT2D eigenvalue weighted by Gasteiger charge is -2.26. The van der Waals surface area contributed by atoms with Crippen LogP contribution in [0.2, 0.25) is 0 Å². The van der Waals surface area contributed by atoms with Crippen molar-refractivity contribution in [3.8, 4) is 17.0 Å². The number of nitrogens with zero attached hydrogens (tertiary/aromatic N) is 2. The molecule has 0 bridgehead atoms. The second kappa shape index (κ2) is 9.58. The van der Waals surface area contributed by atoms with Crippen LogP contribution in [0.4, 0.5) is 0 Å². The normalized spacial score (nSPS) is 22.8. The molecule has 2 heterocycles. The van der Waals surface area contributed by atoms with Crippen molar-refractivity contribution in [2.75, 3.05) is 14.2 Å². The van der Waals surface area contributed by atoms with Crippen LogP contribution in [0.25, 0.3) is 16.2 Å². The molecule has 2 aliphatic carbocycles. The minimum Gasteiger partial charge on any atom is -0.496 e. The highest BCUT2D eigenvalue weighted by molar-refractivity contribution is 7.97. The summed E-state index contributed by atoms with van der Waals surface area (Å²) in [5.74, 6) is 0.862. The van der Waals surface area contributed by atoms with Crippen LogP contribution in [0, 0.1) is 6.92 Å². The number of methoxy groups -OCH3 is 2. The Kier molecular flexibility index (Phi) is 6.73. The van der Waals surface area contributed by atoms with E-state index in [0.29, 0.717) is 6.04 Å². The molecule has 2 aliphatic rings. The standard InChI is InChI=1S/C25H33N3O3S2/c1-16-23(28-15-22(32-24(28)26-16)25(31-3)12-4-5-13-25)17-6-11-20(30-2)21(14-17)33-27-18-7-9-19(29)10-8-18/h6,11,14-15,18-19,27,29H,4-5,7-10,12-13H2,1-3H3. The summed E-state index contributed by atoms with van der Waals surface area (Å²) in [7, 11) is 3.56. The van der Waals surface area contributed by atoms with Gasteiger partial charge < -0.3 is 14.6 Å². The fourth-order valence-electron chi connectivity index (χ4n) is 5.25. The molecule has 8 heteroatoms. The van der Waals surface area contributed by atoms with Gasteiger partial charge >= 0.3 is 0 Å². The summed E-state index contributed by atoms with van der Waals surface area (Å²) < 4.78 is 17.5. The molecular formula is C25H33N3O3S2. The van der Waals surface area contributed by atoms with Crippen LogP contribution in [0.1, 0.15) is 61.9 Å². The molecule has 0 unspecified atom stereocenters. The Balaban J connectivity index is 1.45. The topological polar surface area (TPSA) is 68.0 Å². The number of ether oxygens (including phenoxy) is 2. The third-order valence-corrected chi connectivity index (χ3v) is 9.38. The molecule has 5 rings (SSSR count). The Bertz CT molecular complexity index is 1110. The van der Waals surface area contributed by atoms with Crippen LogP contribution < -0.4 is 9.46 Å². The predicted octanol–water partition coefficient (Wildman–Crippen LogP) is 5.70. The number of nitrogens with one attached hydrogen (secondary N) is 1. The first-order valence-electron chi connectivity index (χ1n) is 11.9. The maximum atomic E-state index is 9.78. The molecule has 0 atom stereocenters. The van der Waals surface area contributed by atoms with E-state index >= 15 is 0 Å². The van der Waals surface area contributed by atoms with E-state index in [4.69, 9.17) is 14.5 Å². The molecule has 6 nitrogen and oxygen atoms in total. The zero-order valence-electron chi connectivity index (χ0n) is 19.6. The number of aryl methyl sites for hydroxylation is 1. The molecule has 0 radical (unpaired) electrons. The Morgan fingerprint density at radius 3 is 2.64 bits per heavy atom. The molecule has 178 valence electrons. The van der Waals surface area contributed by atoms with Crippen LogP contribution in [0.3, 0.4) is 0 Å². The number of fused-ring (bicyclic) bond motifs is 1. The lowest BCUT2D eigenvalue weighted by molar-refractivity contribution is -0.00578. The summed E-state index contributed by atoms with van der Waals surface area (Å²) in [6.07, 6.45) is 10.4. The molecule has 0 saturated heterocycles. The van der Waals surface area contributed by atoms with Crippen molar-refractivity contribution in [1.82, 2.24) is 14.1 Å². The van der Waals surface area contributed by atoms with E-state index in [2.05, 4.69) is 34.4 Å². The summed E-state index contributed by atoms with van der Waals surface area (Å²) in [4.78, 5) is 8.25. The lowest BCUT2D eigenvalue weighted by atomic mass is 9.94. The molecule has 3 aromatic rings. The van der Waals surface area contributed by atoms with Gasteiger partial charge in [0.2, 0.25) is 0 Å². The Morgan fingerprint density at radius 2 is 1.94 bits per heavy atom. The summed E-state index contributed by atoms with van der Waals surface area (Å²) >= 11 is 3.38. The van der Waals surface area contributed by atoms with E-state index in [1.54, 1.807) is 30.4 Å². The minimum absolute atomic E-state index is 0.143. The van der Waals surface area contributed by atoms with Crippen molar-refractivity contribution < 1.29 is 14.6 Å². The van der Waals surface area contributed by atoms with Crippen molar-refractivity contribution in [3.63, 3.8) is 0 Å². The quantitative estimate of drug-likeness (QED) is 0.417. The molecule has 2 aromatic heterocycles. The highest BCUT2D eigenvalue weighted by atomic mass is 32.2. The van der Waals surface area contributed by atoms with Gasteiger partial charge in [-0.25, -0.2) is 4.98 Å². The van der Waals surface area contributed by atoms with E-state index in [-0.39, 0.29) is 11.7 Å². The number of hydrogen-bond acceptors (Lipinski definition) is 7. The lowest BCUT2D eigenvalue weighted by Crippen LogP contribution is -2.30. The van der Waals surface area contributed by atoms with Crippen LogP contribution in [0.5, 0.6) is 5.75 Å². The van der Waals surface area contributed by atoms with Gasteiger partial charge in [-0.3, -0.25) is 9.12 Å². The zero-order valence-corrected chi connectivity index (χ0v) is 21.2. The van der Waals surface area contributed by atoms with Crippen LogP contribution in [-0.2, 0) is 10.3 Å². The van der Waals surface area contributed by atoms with Gasteiger partial charge in [0, 0.05) is 24.9 Å². The second-order valence-corrected chi connectivity index (χ2v) is 11.2. The monoisotopic (exact) mass is 487 g/mol. The van der Waals surface area contributed by atoms with Crippen molar-refractivity contribution in [2.24, 2.45) is 0 Å². The smallest absolute Gasteiger partial charge is 0.194 e. The van der Waals surface area contributed by atoms with Crippen molar-refractivity contribution in [2.45, 2.75) is 80.9 Å². The van der Waals surface area contributed by atoms with Crippen molar-refractivity contribution >= 4 is 28.2 Å². The number of imidazole rings is 1. The maximum absolute atomic E-state index is 9.78. The average Bonchev–Trinajstić information content (AvgIpc) is 3.53. The Morgan fingerprint density at radius 1 is 1.18 bits per heavy atom. The Hall–Kier alpha value is -1.58. The molecule has 0 amide bonds. The molecule has 33 heavy (non-hydrogen) atoms. The summed E-state index contributed by atoms with van der Waals surface area (Å²) in [6.45, 7) is 2.08. The first-order valence-corrected chi connectivity index (χ1v) is 13.5. The summed E-state index contributed by atoms with van der Waals surface area (Å²) in [6, 6.07) is 6.77. The zero-order chi connectivity index (χ0) is 23.0. The number of aromatic nitrogens is 2.